The monoisotopic (exact) mass is 293 g/mol. The second kappa shape index (κ2) is 4.53. The summed E-state index contributed by atoms with van der Waals surface area (Å²) in [5, 5.41) is 5.61. The van der Waals surface area contributed by atoms with Crippen molar-refractivity contribution >= 4 is 33.9 Å². The fourth-order valence-corrected chi connectivity index (χ4v) is 3.45. The third-order valence-electron chi connectivity index (χ3n) is 3.78. The lowest BCUT2D eigenvalue weighted by molar-refractivity contribution is 0.0598. The molecule has 2 heterocycles. The molecule has 3 aromatic rings. The average molecular weight is 293 g/mol. The number of carbonyl (C=O) groups excluding carboxylic acids is 2. The van der Waals surface area contributed by atoms with Crippen LogP contribution >= 0.6 is 11.3 Å². The largest absolute Gasteiger partial charge is 0.270 e. The molecule has 1 aliphatic rings. The molecule has 2 aromatic carbocycles. The van der Waals surface area contributed by atoms with Gasteiger partial charge in [0.2, 0.25) is 0 Å². The lowest BCUT2D eigenvalue weighted by Crippen LogP contribution is -2.39. The summed E-state index contributed by atoms with van der Waals surface area (Å²) in [7, 11) is 0. The van der Waals surface area contributed by atoms with Crippen molar-refractivity contribution in [1.82, 2.24) is 4.90 Å². The highest BCUT2D eigenvalue weighted by atomic mass is 32.1. The number of benzene rings is 2. The van der Waals surface area contributed by atoms with E-state index in [-0.39, 0.29) is 11.8 Å². The minimum Gasteiger partial charge on any atom is -0.270 e. The van der Waals surface area contributed by atoms with Gasteiger partial charge in [0.05, 0.1) is 6.54 Å². The number of imide groups is 1. The molecule has 2 amide bonds. The Morgan fingerprint density at radius 1 is 0.905 bits per heavy atom. The highest BCUT2D eigenvalue weighted by Crippen LogP contribution is 2.30. The zero-order chi connectivity index (χ0) is 14.4. The van der Waals surface area contributed by atoms with E-state index in [1.165, 1.54) is 4.90 Å². The first-order chi connectivity index (χ1) is 10.3. The van der Waals surface area contributed by atoms with E-state index >= 15 is 0 Å². The SMILES string of the molecule is O=C1c2cccc3cccc(c23)C(=O)N1Cc1ccsc1. The molecule has 0 saturated heterocycles. The molecule has 3 nitrogen and oxygen atoms in total. The fourth-order valence-electron chi connectivity index (χ4n) is 2.79. The van der Waals surface area contributed by atoms with Gasteiger partial charge in [0, 0.05) is 16.5 Å². The number of rotatable bonds is 2. The Morgan fingerprint density at radius 2 is 1.57 bits per heavy atom. The van der Waals surface area contributed by atoms with Crippen molar-refractivity contribution in [1.29, 1.82) is 0 Å². The average Bonchev–Trinajstić information content (AvgIpc) is 3.02. The van der Waals surface area contributed by atoms with Gasteiger partial charge in [-0.3, -0.25) is 14.5 Å². The molecule has 0 spiro atoms. The standard InChI is InChI=1S/C17H11NO2S/c19-16-13-5-1-3-12-4-2-6-14(15(12)13)17(20)18(16)9-11-7-8-21-10-11/h1-8,10H,9H2. The maximum Gasteiger partial charge on any atom is 0.261 e. The topological polar surface area (TPSA) is 37.4 Å². The van der Waals surface area contributed by atoms with Gasteiger partial charge in [-0.25, -0.2) is 0 Å². The van der Waals surface area contributed by atoms with Crippen LogP contribution in [0, 0.1) is 0 Å². The van der Waals surface area contributed by atoms with E-state index < -0.39 is 0 Å². The van der Waals surface area contributed by atoms with Gasteiger partial charge in [-0.05, 0) is 39.9 Å². The third kappa shape index (κ3) is 1.80. The molecule has 0 N–H and O–H groups in total. The predicted molar refractivity (Wildman–Crippen MR) is 82.5 cm³/mol. The Labute approximate surface area is 125 Å². The van der Waals surface area contributed by atoms with Gasteiger partial charge >= 0.3 is 0 Å². The molecule has 0 aliphatic carbocycles. The van der Waals surface area contributed by atoms with E-state index in [1.54, 1.807) is 23.5 Å². The summed E-state index contributed by atoms with van der Waals surface area (Å²) in [5.74, 6) is -0.425. The Balaban J connectivity index is 1.89. The number of nitrogens with zero attached hydrogens (tertiary/aromatic N) is 1. The van der Waals surface area contributed by atoms with Gasteiger partial charge in [-0.15, -0.1) is 0 Å². The molecule has 4 rings (SSSR count). The number of amides is 2. The van der Waals surface area contributed by atoms with Crippen LogP contribution in [0.2, 0.25) is 0 Å². The Kier molecular flexibility index (Phi) is 2.65. The zero-order valence-electron chi connectivity index (χ0n) is 11.1. The van der Waals surface area contributed by atoms with Crippen molar-refractivity contribution in [2.24, 2.45) is 0 Å². The van der Waals surface area contributed by atoms with Gasteiger partial charge in [-0.1, -0.05) is 24.3 Å². The molecule has 21 heavy (non-hydrogen) atoms. The summed E-state index contributed by atoms with van der Waals surface area (Å²) in [6.45, 7) is 0.325. The summed E-state index contributed by atoms with van der Waals surface area (Å²) in [6.07, 6.45) is 0. The second-order valence-electron chi connectivity index (χ2n) is 5.04. The van der Waals surface area contributed by atoms with Crippen LogP contribution in [0.15, 0.2) is 53.2 Å². The summed E-state index contributed by atoms with van der Waals surface area (Å²) < 4.78 is 0. The van der Waals surface area contributed by atoms with Crippen LogP contribution in [0.4, 0.5) is 0 Å². The second-order valence-corrected chi connectivity index (χ2v) is 5.82. The minimum atomic E-state index is -0.212. The number of hydrogen-bond acceptors (Lipinski definition) is 3. The van der Waals surface area contributed by atoms with Gasteiger partial charge < -0.3 is 0 Å². The van der Waals surface area contributed by atoms with Crippen LogP contribution in [0.1, 0.15) is 26.3 Å². The van der Waals surface area contributed by atoms with Crippen LogP contribution in [0.5, 0.6) is 0 Å². The highest BCUT2D eigenvalue weighted by molar-refractivity contribution is 7.07. The summed E-state index contributed by atoms with van der Waals surface area (Å²) in [5.41, 5.74) is 2.20. The van der Waals surface area contributed by atoms with E-state index in [4.69, 9.17) is 0 Å². The van der Waals surface area contributed by atoms with Crippen LogP contribution in [0.25, 0.3) is 10.8 Å². The summed E-state index contributed by atoms with van der Waals surface area (Å²) in [4.78, 5) is 26.6. The van der Waals surface area contributed by atoms with Crippen molar-refractivity contribution in [3.63, 3.8) is 0 Å². The lowest BCUT2D eigenvalue weighted by atomic mass is 9.94. The Bertz CT molecular complexity index is 817. The third-order valence-corrected chi connectivity index (χ3v) is 4.51. The Morgan fingerprint density at radius 3 is 2.14 bits per heavy atom. The fraction of sp³-hybridized carbons (Fsp3) is 0.0588. The van der Waals surface area contributed by atoms with Crippen molar-refractivity contribution in [3.05, 3.63) is 69.9 Å². The lowest BCUT2D eigenvalue weighted by Gasteiger charge is -2.26. The highest BCUT2D eigenvalue weighted by Gasteiger charge is 2.32. The molecular formula is C17H11NO2S. The Hall–Kier alpha value is -2.46. The number of carbonyl (C=O) groups is 2. The molecule has 0 bridgehead atoms. The van der Waals surface area contributed by atoms with E-state index in [9.17, 15) is 9.59 Å². The normalized spacial score (nSPS) is 14.0. The zero-order valence-corrected chi connectivity index (χ0v) is 11.9. The smallest absolute Gasteiger partial charge is 0.261 e. The number of thiophene rings is 1. The summed E-state index contributed by atoms with van der Waals surface area (Å²) in [6, 6.07) is 13.1. The van der Waals surface area contributed by atoms with Crippen molar-refractivity contribution < 1.29 is 9.59 Å². The minimum absolute atomic E-state index is 0.212. The van der Waals surface area contributed by atoms with E-state index in [0.29, 0.717) is 17.7 Å². The first-order valence-electron chi connectivity index (χ1n) is 6.65. The molecule has 1 aliphatic heterocycles. The molecule has 0 unspecified atom stereocenters. The number of hydrogen-bond donors (Lipinski definition) is 0. The van der Waals surface area contributed by atoms with Gasteiger partial charge in [0.15, 0.2) is 0 Å². The van der Waals surface area contributed by atoms with Crippen LogP contribution in [0.3, 0.4) is 0 Å². The van der Waals surface area contributed by atoms with E-state index in [1.807, 2.05) is 41.1 Å². The molecule has 4 heteroatoms. The molecular weight excluding hydrogens is 282 g/mol. The van der Waals surface area contributed by atoms with Gasteiger partial charge in [0.1, 0.15) is 0 Å². The summed E-state index contributed by atoms with van der Waals surface area (Å²) >= 11 is 1.56. The van der Waals surface area contributed by atoms with Crippen LogP contribution < -0.4 is 0 Å². The maximum atomic E-state index is 12.6. The molecule has 0 saturated carbocycles. The van der Waals surface area contributed by atoms with Crippen molar-refractivity contribution in [2.75, 3.05) is 0 Å². The molecule has 0 atom stereocenters. The molecule has 102 valence electrons. The van der Waals surface area contributed by atoms with Crippen molar-refractivity contribution in [2.45, 2.75) is 6.54 Å². The predicted octanol–water partition coefficient (Wildman–Crippen LogP) is 3.70. The molecule has 1 aromatic heterocycles. The van der Waals surface area contributed by atoms with E-state index in [0.717, 1.165) is 16.3 Å². The van der Waals surface area contributed by atoms with Gasteiger partial charge in [0.25, 0.3) is 11.8 Å². The van der Waals surface area contributed by atoms with Crippen LogP contribution in [-0.4, -0.2) is 16.7 Å². The van der Waals surface area contributed by atoms with E-state index in [2.05, 4.69) is 0 Å². The van der Waals surface area contributed by atoms with Crippen molar-refractivity contribution in [3.8, 4) is 0 Å². The maximum absolute atomic E-state index is 12.6. The first-order valence-corrected chi connectivity index (χ1v) is 7.59. The molecule has 0 fully saturated rings. The first kappa shape index (κ1) is 12.3. The van der Waals surface area contributed by atoms with Gasteiger partial charge in [-0.2, -0.15) is 11.3 Å². The van der Waals surface area contributed by atoms with Crippen LogP contribution in [-0.2, 0) is 6.54 Å². The quantitative estimate of drug-likeness (QED) is 0.676. The molecule has 0 radical (unpaired) electrons.